The Morgan fingerprint density at radius 2 is 1.42 bits per heavy atom. The van der Waals surface area contributed by atoms with E-state index in [-0.39, 0.29) is 5.69 Å². The van der Waals surface area contributed by atoms with Crippen molar-refractivity contribution in [3.63, 3.8) is 0 Å². The number of carboxylic acids is 1. The van der Waals surface area contributed by atoms with Gasteiger partial charge in [0.1, 0.15) is 13.2 Å². The van der Waals surface area contributed by atoms with Crippen molar-refractivity contribution >= 4 is 5.97 Å². The molecule has 1 aromatic heterocycles. The number of nitrogens with zero attached hydrogens (tertiary/aromatic N) is 2. The third-order valence-electron chi connectivity index (χ3n) is 4.81. The molecular formula is C25H22N2O4. The zero-order valence-corrected chi connectivity index (χ0v) is 17.1. The Hall–Kier alpha value is -4.06. The number of benzene rings is 3. The number of hydrogen-bond donors (Lipinski definition) is 1. The van der Waals surface area contributed by atoms with E-state index < -0.39 is 5.97 Å². The lowest BCUT2D eigenvalue weighted by molar-refractivity contribution is 0.0689. The summed E-state index contributed by atoms with van der Waals surface area (Å²) in [7, 11) is 1.71. The number of aryl methyl sites for hydroxylation is 1. The summed E-state index contributed by atoms with van der Waals surface area (Å²) in [5.74, 6) is 0.129. The van der Waals surface area contributed by atoms with Crippen molar-refractivity contribution in [3.05, 3.63) is 102 Å². The van der Waals surface area contributed by atoms with E-state index in [1.807, 2.05) is 78.9 Å². The van der Waals surface area contributed by atoms with Crippen molar-refractivity contribution in [1.29, 1.82) is 0 Å². The highest BCUT2D eigenvalue weighted by Gasteiger charge is 2.15. The van der Waals surface area contributed by atoms with Crippen LogP contribution in [-0.4, -0.2) is 20.9 Å². The zero-order valence-electron chi connectivity index (χ0n) is 17.1. The second kappa shape index (κ2) is 9.17. The average Bonchev–Trinajstić information content (AvgIpc) is 3.20. The normalized spacial score (nSPS) is 10.6. The minimum Gasteiger partial charge on any atom is -0.485 e. The molecule has 0 fully saturated rings. The highest BCUT2D eigenvalue weighted by Crippen LogP contribution is 2.34. The van der Waals surface area contributed by atoms with Crippen LogP contribution in [0.1, 0.15) is 21.6 Å². The summed E-state index contributed by atoms with van der Waals surface area (Å²) < 4.78 is 13.7. The third-order valence-corrected chi connectivity index (χ3v) is 4.81. The molecule has 0 unspecified atom stereocenters. The number of aromatic nitrogens is 2. The number of ether oxygens (including phenoxy) is 2. The molecule has 4 aromatic rings. The van der Waals surface area contributed by atoms with Crippen LogP contribution in [0.2, 0.25) is 0 Å². The van der Waals surface area contributed by atoms with Gasteiger partial charge in [-0.3, -0.25) is 4.68 Å². The van der Waals surface area contributed by atoms with E-state index in [1.54, 1.807) is 17.8 Å². The van der Waals surface area contributed by atoms with Gasteiger partial charge in [-0.05, 0) is 35.4 Å². The molecule has 0 amide bonds. The van der Waals surface area contributed by atoms with Crippen LogP contribution in [0.5, 0.6) is 11.5 Å². The van der Waals surface area contributed by atoms with Crippen LogP contribution in [-0.2, 0) is 20.3 Å². The molecule has 0 aliphatic rings. The summed E-state index contributed by atoms with van der Waals surface area (Å²) >= 11 is 0. The summed E-state index contributed by atoms with van der Waals surface area (Å²) in [5, 5.41) is 13.3. The monoisotopic (exact) mass is 414 g/mol. The molecule has 4 rings (SSSR count). The third kappa shape index (κ3) is 4.93. The molecule has 0 bridgehead atoms. The maximum absolute atomic E-state index is 11.3. The first-order valence-electron chi connectivity index (χ1n) is 9.85. The fourth-order valence-electron chi connectivity index (χ4n) is 3.21. The van der Waals surface area contributed by atoms with Crippen molar-refractivity contribution in [3.8, 4) is 22.8 Å². The molecule has 6 nitrogen and oxygen atoms in total. The van der Waals surface area contributed by atoms with Crippen LogP contribution in [0.25, 0.3) is 11.3 Å². The molecule has 1 heterocycles. The van der Waals surface area contributed by atoms with Crippen molar-refractivity contribution < 1.29 is 19.4 Å². The van der Waals surface area contributed by atoms with Gasteiger partial charge in [-0.15, -0.1) is 0 Å². The Kier molecular flexibility index (Phi) is 5.98. The van der Waals surface area contributed by atoms with Gasteiger partial charge in [-0.1, -0.05) is 60.7 Å². The summed E-state index contributed by atoms with van der Waals surface area (Å²) in [6.45, 7) is 0.800. The van der Waals surface area contributed by atoms with E-state index in [9.17, 15) is 9.90 Å². The van der Waals surface area contributed by atoms with Gasteiger partial charge in [-0.25, -0.2) is 4.79 Å². The maximum Gasteiger partial charge on any atom is 0.356 e. The van der Waals surface area contributed by atoms with Crippen LogP contribution in [0.15, 0.2) is 84.9 Å². The second-order valence-electron chi connectivity index (χ2n) is 7.05. The molecular weight excluding hydrogens is 392 g/mol. The Bertz CT molecular complexity index is 1170. The standard InChI is InChI=1S/C25H22N2O4/c1-27-22(15-21(26-27)25(28)29)20-12-13-23(30-16-18-8-4-2-5-9-18)24(14-20)31-17-19-10-6-3-7-11-19/h2-15H,16-17H2,1H3,(H,28,29). The Labute approximate surface area is 180 Å². The van der Waals surface area contributed by atoms with Gasteiger partial charge in [0.25, 0.3) is 0 Å². The summed E-state index contributed by atoms with van der Waals surface area (Å²) in [5.41, 5.74) is 3.55. The average molecular weight is 414 g/mol. The highest BCUT2D eigenvalue weighted by molar-refractivity contribution is 5.87. The number of carbonyl (C=O) groups is 1. The molecule has 0 atom stereocenters. The molecule has 31 heavy (non-hydrogen) atoms. The van der Waals surface area contributed by atoms with Gasteiger partial charge in [-0.2, -0.15) is 5.10 Å². The molecule has 0 aliphatic heterocycles. The second-order valence-corrected chi connectivity index (χ2v) is 7.05. The predicted molar refractivity (Wildman–Crippen MR) is 117 cm³/mol. The fourth-order valence-corrected chi connectivity index (χ4v) is 3.21. The highest BCUT2D eigenvalue weighted by atomic mass is 16.5. The Balaban J connectivity index is 1.63. The number of hydrogen-bond acceptors (Lipinski definition) is 4. The topological polar surface area (TPSA) is 73.6 Å². The number of carboxylic acid groups (broad SMARTS) is 1. The fraction of sp³-hybridized carbons (Fsp3) is 0.120. The van der Waals surface area contributed by atoms with Crippen LogP contribution in [0.3, 0.4) is 0 Å². The molecule has 0 spiro atoms. The first kappa shape index (κ1) is 20.2. The van der Waals surface area contributed by atoms with Crippen molar-refractivity contribution in [2.75, 3.05) is 0 Å². The van der Waals surface area contributed by atoms with Crippen LogP contribution in [0, 0.1) is 0 Å². The van der Waals surface area contributed by atoms with Crippen molar-refractivity contribution in [2.45, 2.75) is 13.2 Å². The molecule has 156 valence electrons. The van der Waals surface area contributed by atoms with E-state index in [1.165, 1.54) is 0 Å². The lowest BCUT2D eigenvalue weighted by Crippen LogP contribution is -2.01. The van der Waals surface area contributed by atoms with E-state index >= 15 is 0 Å². The van der Waals surface area contributed by atoms with E-state index in [2.05, 4.69) is 5.10 Å². The minimum absolute atomic E-state index is 0.00587. The number of aromatic carboxylic acids is 1. The zero-order chi connectivity index (χ0) is 21.6. The van der Waals surface area contributed by atoms with Gasteiger partial charge >= 0.3 is 5.97 Å². The molecule has 0 saturated heterocycles. The van der Waals surface area contributed by atoms with Gasteiger partial charge in [0.15, 0.2) is 17.2 Å². The smallest absolute Gasteiger partial charge is 0.356 e. The van der Waals surface area contributed by atoms with Crippen LogP contribution < -0.4 is 9.47 Å². The van der Waals surface area contributed by atoms with Gasteiger partial charge in [0.2, 0.25) is 0 Å². The van der Waals surface area contributed by atoms with Gasteiger partial charge in [0.05, 0.1) is 5.69 Å². The minimum atomic E-state index is -1.06. The van der Waals surface area contributed by atoms with Crippen molar-refractivity contribution in [2.24, 2.45) is 7.05 Å². The van der Waals surface area contributed by atoms with Crippen LogP contribution >= 0.6 is 0 Å². The summed E-state index contributed by atoms with van der Waals surface area (Å²) in [4.78, 5) is 11.3. The van der Waals surface area contributed by atoms with Gasteiger partial charge < -0.3 is 14.6 Å². The first-order chi connectivity index (χ1) is 15.1. The lowest BCUT2D eigenvalue weighted by atomic mass is 10.1. The Morgan fingerprint density at radius 3 is 1.97 bits per heavy atom. The molecule has 0 saturated carbocycles. The SMILES string of the molecule is Cn1nc(C(=O)O)cc1-c1ccc(OCc2ccccc2)c(OCc2ccccc2)c1. The van der Waals surface area contributed by atoms with E-state index in [4.69, 9.17) is 9.47 Å². The molecule has 6 heteroatoms. The molecule has 1 N–H and O–H groups in total. The first-order valence-corrected chi connectivity index (χ1v) is 9.85. The lowest BCUT2D eigenvalue weighted by Gasteiger charge is -2.15. The molecule has 0 radical (unpaired) electrons. The predicted octanol–water partition coefficient (Wildman–Crippen LogP) is 4.94. The molecule has 0 aliphatic carbocycles. The summed E-state index contributed by atoms with van der Waals surface area (Å²) in [6.07, 6.45) is 0. The Morgan fingerprint density at radius 1 is 0.839 bits per heavy atom. The van der Waals surface area contributed by atoms with Crippen LogP contribution in [0.4, 0.5) is 0 Å². The largest absolute Gasteiger partial charge is 0.485 e. The van der Waals surface area contributed by atoms with Crippen molar-refractivity contribution in [1.82, 2.24) is 9.78 Å². The summed E-state index contributed by atoms with van der Waals surface area (Å²) in [6, 6.07) is 26.9. The maximum atomic E-state index is 11.3. The molecule has 3 aromatic carbocycles. The van der Waals surface area contributed by atoms with Gasteiger partial charge in [0, 0.05) is 12.6 Å². The number of rotatable bonds is 8. The van der Waals surface area contributed by atoms with E-state index in [0.717, 1.165) is 16.7 Å². The quantitative estimate of drug-likeness (QED) is 0.442. The van der Waals surface area contributed by atoms with E-state index in [0.29, 0.717) is 30.4 Å².